The first-order valence-corrected chi connectivity index (χ1v) is 11.2. The van der Waals surface area contributed by atoms with Gasteiger partial charge in [-0.05, 0) is 42.8 Å². The number of halogens is 4. The molecule has 2 rings (SSSR count). The van der Waals surface area contributed by atoms with Gasteiger partial charge in [0.15, 0.2) is 11.5 Å². The molecule has 0 radical (unpaired) electrons. The van der Waals surface area contributed by atoms with E-state index in [0.717, 1.165) is 18.2 Å². The number of rotatable bonds is 9. The summed E-state index contributed by atoms with van der Waals surface area (Å²) in [6.07, 6.45) is -5.23. The van der Waals surface area contributed by atoms with Gasteiger partial charge in [-0.15, -0.1) is 0 Å². The second-order valence-electron chi connectivity index (χ2n) is 7.02. The van der Waals surface area contributed by atoms with Gasteiger partial charge in [0.1, 0.15) is 0 Å². The Morgan fingerprint density at radius 1 is 1.06 bits per heavy atom. The predicted molar refractivity (Wildman–Crippen MR) is 117 cm³/mol. The fourth-order valence-corrected chi connectivity index (χ4v) is 3.97. The number of benzene rings is 2. The summed E-state index contributed by atoms with van der Waals surface area (Å²) in [5.41, 5.74) is -3.52. The minimum Gasteiger partial charge on any atom is -0.493 e. The number of amides is 1. The van der Waals surface area contributed by atoms with Crippen molar-refractivity contribution in [1.29, 1.82) is 0 Å². The van der Waals surface area contributed by atoms with Gasteiger partial charge >= 0.3 is 6.18 Å². The number of ether oxygens (including phenoxy) is 3. The molecule has 1 atom stereocenters. The van der Waals surface area contributed by atoms with Gasteiger partial charge in [0, 0.05) is 6.54 Å². The molecule has 3 N–H and O–H groups in total. The Morgan fingerprint density at radius 2 is 1.62 bits per heavy atom. The number of anilines is 1. The number of sulfonamides is 1. The van der Waals surface area contributed by atoms with Crippen LogP contribution in [0.15, 0.2) is 35.2 Å². The number of aliphatic hydroxyl groups is 1. The van der Waals surface area contributed by atoms with Crippen molar-refractivity contribution in [3.63, 3.8) is 0 Å². The maximum atomic E-state index is 12.8. The first kappa shape index (κ1) is 27.5. The van der Waals surface area contributed by atoms with Crippen LogP contribution in [-0.2, 0) is 21.4 Å². The average Bonchev–Trinajstić information content (AvgIpc) is 2.77. The van der Waals surface area contributed by atoms with Crippen molar-refractivity contribution in [3.05, 3.63) is 40.9 Å². The van der Waals surface area contributed by atoms with E-state index in [1.807, 2.05) is 5.32 Å². The maximum absolute atomic E-state index is 12.8. The molecule has 2 aromatic rings. The predicted octanol–water partition coefficient (Wildman–Crippen LogP) is 3.10. The Hall–Kier alpha value is -2.74. The molecule has 14 heteroatoms. The topological polar surface area (TPSA) is 123 Å². The van der Waals surface area contributed by atoms with E-state index in [1.54, 1.807) is 12.1 Å². The van der Waals surface area contributed by atoms with Crippen molar-refractivity contribution in [1.82, 2.24) is 4.72 Å². The summed E-state index contributed by atoms with van der Waals surface area (Å²) >= 11 is 5.96. The summed E-state index contributed by atoms with van der Waals surface area (Å²) in [5, 5.41) is 10.9. The summed E-state index contributed by atoms with van der Waals surface area (Å²) in [7, 11) is 0.106. The highest BCUT2D eigenvalue weighted by Crippen LogP contribution is 2.38. The number of hydrogen-bond donors (Lipinski definition) is 3. The number of carbonyl (C=O) groups excluding carboxylic acids is 1. The Kier molecular flexibility index (Phi) is 8.30. The van der Waals surface area contributed by atoms with Crippen LogP contribution in [0.3, 0.4) is 0 Å². The van der Waals surface area contributed by atoms with Gasteiger partial charge in [0.25, 0.3) is 5.91 Å². The number of nitrogens with one attached hydrogen (secondary N) is 2. The highest BCUT2D eigenvalue weighted by Gasteiger charge is 2.55. The van der Waals surface area contributed by atoms with Crippen LogP contribution in [-0.4, -0.2) is 52.5 Å². The lowest BCUT2D eigenvalue weighted by atomic mass is 10.1. The van der Waals surface area contributed by atoms with Crippen LogP contribution in [0.2, 0.25) is 5.02 Å². The number of carbonyl (C=O) groups is 1. The molecule has 0 unspecified atom stereocenters. The van der Waals surface area contributed by atoms with Gasteiger partial charge in [0.2, 0.25) is 21.4 Å². The molecule has 0 saturated carbocycles. The van der Waals surface area contributed by atoms with Gasteiger partial charge < -0.3 is 24.6 Å². The lowest BCUT2D eigenvalue weighted by molar-refractivity contribution is -0.242. The monoisotopic (exact) mass is 526 g/mol. The van der Waals surface area contributed by atoms with E-state index < -0.39 is 27.7 Å². The summed E-state index contributed by atoms with van der Waals surface area (Å²) < 4.78 is 81.8. The van der Waals surface area contributed by atoms with Gasteiger partial charge in [-0.3, -0.25) is 4.79 Å². The molecular weight excluding hydrogens is 505 g/mol. The summed E-state index contributed by atoms with van der Waals surface area (Å²) in [6, 6.07) is 6.06. The molecule has 34 heavy (non-hydrogen) atoms. The molecule has 2 aromatic carbocycles. The van der Waals surface area contributed by atoms with Crippen molar-refractivity contribution in [2.45, 2.75) is 30.1 Å². The highest BCUT2D eigenvalue weighted by molar-refractivity contribution is 7.89. The standard InChI is InChI=1S/C20H22ClF3N2O7S/c1-19(28,20(22,23)24)18(27)26-14-6-5-12(9-13(14)21)34(29,30)25-10-11-7-15(31-2)17(33-4)16(8-11)32-3/h5-9,25,28H,10H2,1-4H3,(H,26,27)/t19-/m1/s1. The lowest BCUT2D eigenvalue weighted by Gasteiger charge is -2.25. The first-order valence-electron chi connectivity index (χ1n) is 9.36. The molecule has 0 bridgehead atoms. The van der Waals surface area contributed by atoms with E-state index in [-0.39, 0.29) is 29.1 Å². The van der Waals surface area contributed by atoms with Gasteiger partial charge in [-0.25, -0.2) is 13.1 Å². The molecule has 188 valence electrons. The van der Waals surface area contributed by atoms with Crippen molar-refractivity contribution in [2.24, 2.45) is 0 Å². The molecule has 0 fully saturated rings. The third-order valence-electron chi connectivity index (χ3n) is 4.68. The van der Waals surface area contributed by atoms with Crippen LogP contribution in [0.25, 0.3) is 0 Å². The zero-order chi connectivity index (χ0) is 25.9. The molecule has 1 amide bonds. The number of alkyl halides is 3. The van der Waals surface area contributed by atoms with E-state index in [1.165, 1.54) is 21.3 Å². The third kappa shape index (κ3) is 5.84. The summed E-state index contributed by atoms with van der Waals surface area (Å²) in [4.78, 5) is 11.5. The largest absolute Gasteiger partial charge is 0.493 e. The second kappa shape index (κ2) is 10.3. The fraction of sp³-hybridized carbons (Fsp3) is 0.350. The average molecular weight is 527 g/mol. The quantitative estimate of drug-likeness (QED) is 0.459. The van der Waals surface area contributed by atoms with E-state index in [2.05, 4.69) is 4.72 Å². The molecule has 9 nitrogen and oxygen atoms in total. The SMILES string of the molecule is COc1cc(CNS(=O)(=O)c2ccc(NC(=O)[C@@](C)(O)C(F)(F)F)c(Cl)c2)cc(OC)c1OC. The van der Waals surface area contributed by atoms with E-state index in [9.17, 15) is 31.5 Å². The maximum Gasteiger partial charge on any atom is 0.426 e. The van der Waals surface area contributed by atoms with Crippen LogP contribution in [0.5, 0.6) is 17.2 Å². The minimum absolute atomic E-state index is 0.177. The third-order valence-corrected chi connectivity index (χ3v) is 6.40. The zero-order valence-corrected chi connectivity index (χ0v) is 20.0. The van der Waals surface area contributed by atoms with Gasteiger partial charge in [-0.2, -0.15) is 13.2 Å². The molecular formula is C20H22ClF3N2O7S. The smallest absolute Gasteiger partial charge is 0.426 e. The first-order chi connectivity index (χ1) is 15.7. The van der Waals surface area contributed by atoms with E-state index >= 15 is 0 Å². The molecule has 0 spiro atoms. The van der Waals surface area contributed by atoms with Gasteiger partial charge in [-0.1, -0.05) is 11.6 Å². The van der Waals surface area contributed by atoms with Crippen LogP contribution in [0.4, 0.5) is 18.9 Å². The lowest BCUT2D eigenvalue weighted by Crippen LogP contribution is -2.52. The normalized spacial score (nSPS) is 13.7. The second-order valence-corrected chi connectivity index (χ2v) is 9.20. The zero-order valence-electron chi connectivity index (χ0n) is 18.4. The van der Waals surface area contributed by atoms with E-state index in [0.29, 0.717) is 22.8 Å². The van der Waals surface area contributed by atoms with Crippen LogP contribution in [0.1, 0.15) is 12.5 Å². The molecule has 0 saturated heterocycles. The highest BCUT2D eigenvalue weighted by atomic mass is 35.5. The minimum atomic E-state index is -5.23. The fourth-order valence-electron chi connectivity index (χ4n) is 2.64. The Labute approximate surface area is 198 Å². The number of hydrogen-bond acceptors (Lipinski definition) is 7. The van der Waals surface area contributed by atoms with Crippen molar-refractivity contribution < 1.29 is 45.7 Å². The van der Waals surface area contributed by atoms with Crippen LogP contribution in [0, 0.1) is 0 Å². The molecule has 0 aliphatic heterocycles. The Balaban J connectivity index is 2.22. The van der Waals surface area contributed by atoms with Crippen LogP contribution >= 0.6 is 11.6 Å². The van der Waals surface area contributed by atoms with Gasteiger partial charge in [0.05, 0.1) is 36.9 Å². The Morgan fingerprint density at radius 3 is 2.06 bits per heavy atom. The molecule has 0 aromatic heterocycles. The molecule has 0 aliphatic carbocycles. The summed E-state index contributed by atoms with van der Waals surface area (Å²) in [6.45, 7) is 0.103. The van der Waals surface area contributed by atoms with E-state index in [4.69, 9.17) is 25.8 Å². The molecule has 0 heterocycles. The van der Waals surface area contributed by atoms with Crippen molar-refractivity contribution in [3.8, 4) is 17.2 Å². The van der Waals surface area contributed by atoms with Crippen molar-refractivity contribution in [2.75, 3.05) is 26.6 Å². The number of methoxy groups -OCH3 is 3. The summed E-state index contributed by atoms with van der Waals surface area (Å²) in [5.74, 6) is -0.827. The van der Waals surface area contributed by atoms with Crippen molar-refractivity contribution >= 4 is 33.2 Å². The Bertz CT molecular complexity index is 1150. The van der Waals surface area contributed by atoms with Crippen LogP contribution < -0.4 is 24.2 Å². The molecule has 0 aliphatic rings.